The summed E-state index contributed by atoms with van der Waals surface area (Å²) < 4.78 is 4.80. The molecule has 26 heavy (non-hydrogen) atoms. The summed E-state index contributed by atoms with van der Waals surface area (Å²) in [5.41, 5.74) is -0.602. The Balaban J connectivity index is 1.89. The van der Waals surface area contributed by atoms with Crippen molar-refractivity contribution >= 4 is 46.7 Å². The molecule has 2 fully saturated rings. The number of benzene rings is 2. The molecule has 5 nitrogen and oxygen atoms in total. The Morgan fingerprint density at radius 2 is 1.69 bits per heavy atom. The summed E-state index contributed by atoms with van der Waals surface area (Å²) in [4.78, 5) is 38.1. The Bertz CT molecular complexity index is 930. The minimum absolute atomic E-state index is 0.437. The zero-order valence-electron chi connectivity index (χ0n) is 13.6. The maximum absolute atomic E-state index is 13.4. The van der Waals surface area contributed by atoms with Gasteiger partial charge in [0.05, 0.1) is 18.7 Å². The SMILES string of the molecule is COC(=O)C1(Cl)C2C(=O)N(c3ccccc3)C(=O)C21c1ccc(Cl)cc1. The number of halogens is 2. The van der Waals surface area contributed by atoms with Gasteiger partial charge in [0.15, 0.2) is 4.87 Å². The molecule has 0 aromatic heterocycles. The van der Waals surface area contributed by atoms with Gasteiger partial charge in [0.2, 0.25) is 11.8 Å². The molecule has 0 N–H and O–H groups in total. The Labute approximate surface area is 159 Å². The Morgan fingerprint density at radius 3 is 2.27 bits per heavy atom. The lowest BCUT2D eigenvalue weighted by molar-refractivity contribution is -0.144. The van der Waals surface area contributed by atoms with Crippen LogP contribution >= 0.6 is 23.2 Å². The molecule has 1 saturated carbocycles. The van der Waals surface area contributed by atoms with Crippen LogP contribution < -0.4 is 4.90 Å². The number of rotatable bonds is 3. The van der Waals surface area contributed by atoms with Gasteiger partial charge in [-0.25, -0.2) is 4.90 Å². The summed E-state index contributed by atoms with van der Waals surface area (Å²) in [5, 5.41) is 0.470. The number of hydrogen-bond donors (Lipinski definition) is 0. The first kappa shape index (κ1) is 17.1. The van der Waals surface area contributed by atoms with E-state index in [1.165, 1.54) is 7.11 Å². The number of para-hydroxylation sites is 1. The van der Waals surface area contributed by atoms with E-state index in [-0.39, 0.29) is 0 Å². The van der Waals surface area contributed by atoms with Crippen molar-refractivity contribution in [2.45, 2.75) is 10.3 Å². The fraction of sp³-hybridized carbons (Fsp3) is 0.211. The van der Waals surface area contributed by atoms with E-state index < -0.39 is 34.0 Å². The van der Waals surface area contributed by atoms with Crippen LogP contribution in [-0.2, 0) is 24.5 Å². The number of carbonyl (C=O) groups excluding carboxylic acids is 3. The monoisotopic (exact) mass is 389 g/mol. The topological polar surface area (TPSA) is 63.7 Å². The summed E-state index contributed by atoms with van der Waals surface area (Å²) in [6, 6.07) is 15.0. The molecule has 2 aromatic rings. The number of alkyl halides is 1. The molecule has 3 atom stereocenters. The molecule has 2 amide bonds. The molecular weight excluding hydrogens is 377 g/mol. The van der Waals surface area contributed by atoms with Crippen molar-refractivity contribution in [3.8, 4) is 0 Å². The predicted molar refractivity (Wildman–Crippen MR) is 96.2 cm³/mol. The quantitative estimate of drug-likeness (QED) is 0.459. The molecular formula is C19H13Cl2NO4. The first-order valence-corrected chi connectivity index (χ1v) is 8.63. The molecule has 1 saturated heterocycles. The van der Waals surface area contributed by atoms with Gasteiger partial charge in [-0.1, -0.05) is 41.9 Å². The van der Waals surface area contributed by atoms with Crippen molar-refractivity contribution < 1.29 is 19.1 Å². The fourth-order valence-corrected chi connectivity index (χ4v) is 4.65. The number of esters is 1. The van der Waals surface area contributed by atoms with Crippen LogP contribution in [0, 0.1) is 5.92 Å². The minimum Gasteiger partial charge on any atom is -0.468 e. The molecule has 1 aliphatic carbocycles. The maximum atomic E-state index is 13.4. The second kappa shape index (κ2) is 5.56. The van der Waals surface area contributed by atoms with E-state index in [1.54, 1.807) is 54.6 Å². The van der Waals surface area contributed by atoms with Gasteiger partial charge in [0.1, 0.15) is 5.41 Å². The van der Waals surface area contributed by atoms with E-state index in [4.69, 9.17) is 27.9 Å². The highest BCUT2D eigenvalue weighted by molar-refractivity contribution is 6.50. The van der Waals surface area contributed by atoms with Gasteiger partial charge in [-0.2, -0.15) is 0 Å². The van der Waals surface area contributed by atoms with Crippen LogP contribution in [0.2, 0.25) is 5.02 Å². The third kappa shape index (κ3) is 1.85. The second-order valence-electron chi connectivity index (χ2n) is 6.27. The van der Waals surface area contributed by atoms with Crippen molar-refractivity contribution in [1.29, 1.82) is 0 Å². The van der Waals surface area contributed by atoms with Crippen LogP contribution in [0.4, 0.5) is 5.69 Å². The van der Waals surface area contributed by atoms with Crippen LogP contribution in [0.15, 0.2) is 54.6 Å². The number of amides is 2. The Morgan fingerprint density at radius 1 is 1.08 bits per heavy atom. The lowest BCUT2D eigenvalue weighted by Crippen LogP contribution is -2.46. The van der Waals surface area contributed by atoms with Gasteiger partial charge < -0.3 is 4.74 Å². The molecule has 0 radical (unpaired) electrons. The minimum atomic E-state index is -1.75. The van der Waals surface area contributed by atoms with Gasteiger partial charge in [-0.3, -0.25) is 14.4 Å². The summed E-state index contributed by atoms with van der Waals surface area (Å²) in [6.07, 6.45) is 0. The number of nitrogens with zero attached hydrogens (tertiary/aromatic N) is 1. The van der Waals surface area contributed by atoms with E-state index in [2.05, 4.69) is 0 Å². The lowest BCUT2D eigenvalue weighted by atomic mass is 9.91. The average Bonchev–Trinajstić information content (AvgIpc) is 3.15. The molecule has 0 bridgehead atoms. The third-order valence-electron chi connectivity index (χ3n) is 5.13. The van der Waals surface area contributed by atoms with Crippen LogP contribution in [0.5, 0.6) is 0 Å². The van der Waals surface area contributed by atoms with E-state index in [1.807, 2.05) is 0 Å². The first-order valence-electron chi connectivity index (χ1n) is 7.87. The number of carbonyl (C=O) groups is 3. The fourth-order valence-electron chi connectivity index (χ4n) is 3.94. The molecule has 4 rings (SSSR count). The smallest absolute Gasteiger partial charge is 0.329 e. The van der Waals surface area contributed by atoms with Crippen molar-refractivity contribution in [3.63, 3.8) is 0 Å². The molecule has 2 aromatic carbocycles. The number of fused-ring (bicyclic) bond motifs is 1. The molecule has 1 heterocycles. The third-order valence-corrected chi connectivity index (χ3v) is 6.05. The number of imide groups is 1. The van der Waals surface area contributed by atoms with E-state index in [9.17, 15) is 14.4 Å². The summed E-state index contributed by atoms with van der Waals surface area (Å²) >= 11 is 12.5. The number of anilines is 1. The average molecular weight is 390 g/mol. The van der Waals surface area contributed by atoms with Crippen molar-refractivity contribution in [2.24, 2.45) is 5.92 Å². The summed E-state index contributed by atoms with van der Waals surface area (Å²) in [7, 11) is 1.18. The Kier molecular flexibility index (Phi) is 3.65. The lowest BCUT2D eigenvalue weighted by Gasteiger charge is -2.25. The zero-order chi connectivity index (χ0) is 18.7. The van der Waals surface area contributed by atoms with Crippen LogP contribution in [0.25, 0.3) is 0 Å². The van der Waals surface area contributed by atoms with E-state index in [0.717, 1.165) is 4.90 Å². The molecule has 7 heteroatoms. The van der Waals surface area contributed by atoms with Gasteiger partial charge in [-0.15, -0.1) is 11.6 Å². The Hall–Kier alpha value is -2.37. The van der Waals surface area contributed by atoms with E-state index >= 15 is 0 Å². The number of piperidine rings is 1. The predicted octanol–water partition coefficient (Wildman–Crippen LogP) is 2.93. The standard InChI is InChI=1S/C19H13Cl2NO4/c1-26-17(25)19(21)14-15(23)22(13-5-3-2-4-6-13)16(24)18(14,19)11-7-9-12(20)10-8-11/h2-10,14H,1H3. The number of methoxy groups -OCH3 is 1. The van der Waals surface area contributed by atoms with Crippen molar-refractivity contribution in [3.05, 3.63) is 65.2 Å². The van der Waals surface area contributed by atoms with Crippen LogP contribution in [0.1, 0.15) is 5.56 Å². The van der Waals surface area contributed by atoms with E-state index in [0.29, 0.717) is 16.3 Å². The zero-order valence-corrected chi connectivity index (χ0v) is 15.1. The second-order valence-corrected chi connectivity index (χ2v) is 7.30. The van der Waals surface area contributed by atoms with Crippen LogP contribution in [0.3, 0.4) is 0 Å². The highest BCUT2D eigenvalue weighted by atomic mass is 35.5. The normalized spacial score (nSPS) is 29.5. The molecule has 2 aliphatic rings. The molecule has 132 valence electrons. The number of hydrogen-bond acceptors (Lipinski definition) is 4. The first-order chi connectivity index (χ1) is 12.4. The van der Waals surface area contributed by atoms with Gasteiger partial charge in [-0.05, 0) is 29.8 Å². The summed E-state index contributed by atoms with van der Waals surface area (Å²) in [6.45, 7) is 0. The van der Waals surface area contributed by atoms with Gasteiger partial charge in [0.25, 0.3) is 0 Å². The highest BCUT2D eigenvalue weighted by Crippen LogP contribution is 2.72. The number of ether oxygens (including phenoxy) is 1. The molecule has 1 aliphatic heterocycles. The largest absolute Gasteiger partial charge is 0.468 e. The summed E-state index contributed by atoms with van der Waals surface area (Å²) in [5.74, 6) is -2.88. The van der Waals surface area contributed by atoms with Crippen LogP contribution in [-0.4, -0.2) is 29.8 Å². The van der Waals surface area contributed by atoms with Crippen molar-refractivity contribution in [1.82, 2.24) is 0 Å². The molecule has 0 spiro atoms. The van der Waals surface area contributed by atoms with Crippen molar-refractivity contribution in [2.75, 3.05) is 12.0 Å². The maximum Gasteiger partial charge on any atom is 0.329 e. The highest BCUT2D eigenvalue weighted by Gasteiger charge is 2.92. The van der Waals surface area contributed by atoms with Gasteiger partial charge in [0, 0.05) is 5.02 Å². The molecule has 3 unspecified atom stereocenters. The van der Waals surface area contributed by atoms with Gasteiger partial charge >= 0.3 is 5.97 Å².